The van der Waals surface area contributed by atoms with E-state index < -0.39 is 0 Å². The Hall–Kier alpha value is -3.15. The number of aromatic nitrogens is 3. The van der Waals surface area contributed by atoms with Crippen molar-refractivity contribution in [1.29, 1.82) is 0 Å². The second-order valence-corrected chi connectivity index (χ2v) is 7.84. The average molecular weight is 390 g/mol. The van der Waals surface area contributed by atoms with Gasteiger partial charge in [-0.2, -0.15) is 4.98 Å². The Morgan fingerprint density at radius 2 is 1.93 bits per heavy atom. The summed E-state index contributed by atoms with van der Waals surface area (Å²) >= 11 is 0. The summed E-state index contributed by atoms with van der Waals surface area (Å²) in [4.78, 5) is 21.6. The first-order valence-electron chi connectivity index (χ1n) is 10.1. The molecule has 2 heterocycles. The van der Waals surface area contributed by atoms with E-state index in [4.69, 9.17) is 10.1 Å². The van der Waals surface area contributed by atoms with Crippen molar-refractivity contribution in [2.24, 2.45) is 0 Å². The first-order valence-corrected chi connectivity index (χ1v) is 10.1. The van der Waals surface area contributed by atoms with Gasteiger partial charge in [-0.25, -0.2) is 4.68 Å². The molecule has 2 aromatic carbocycles. The summed E-state index contributed by atoms with van der Waals surface area (Å²) in [5.74, 6) is 1.51. The van der Waals surface area contributed by atoms with Gasteiger partial charge >= 0.3 is 0 Å². The highest BCUT2D eigenvalue weighted by atomic mass is 16.2. The minimum absolute atomic E-state index is 0.0911. The summed E-state index contributed by atoms with van der Waals surface area (Å²) in [6, 6.07) is 18.2. The molecule has 0 radical (unpaired) electrons. The van der Waals surface area contributed by atoms with Crippen LogP contribution >= 0.6 is 0 Å². The fraction of sp³-hybridized carbons (Fsp3) is 0.348. The van der Waals surface area contributed by atoms with Crippen LogP contribution in [0.3, 0.4) is 0 Å². The van der Waals surface area contributed by atoms with Crippen molar-refractivity contribution < 1.29 is 4.79 Å². The number of likely N-dealkylation sites (tertiary alicyclic amines) is 1. The molecule has 0 N–H and O–H groups in total. The number of anilines is 1. The summed E-state index contributed by atoms with van der Waals surface area (Å²) in [6.07, 6.45) is 2.15. The third-order valence-corrected chi connectivity index (χ3v) is 5.41. The van der Waals surface area contributed by atoms with Gasteiger partial charge in [-0.1, -0.05) is 42.5 Å². The number of carbonyl (C=O) groups is 1. The van der Waals surface area contributed by atoms with Crippen molar-refractivity contribution in [3.05, 3.63) is 65.7 Å². The highest BCUT2D eigenvalue weighted by Crippen LogP contribution is 2.24. The van der Waals surface area contributed by atoms with Crippen molar-refractivity contribution in [3.63, 3.8) is 0 Å². The van der Waals surface area contributed by atoms with Crippen LogP contribution in [0.1, 0.15) is 35.7 Å². The lowest BCUT2D eigenvalue weighted by atomic mass is 10.1. The SMILES string of the molecule is C[C@H]1CCCN1C(=O)c1cccc(-c2nc(N(C)C)n(Cc3ccccc3)n2)c1. The average Bonchev–Trinajstić information content (AvgIpc) is 3.35. The third kappa shape index (κ3) is 4.01. The Morgan fingerprint density at radius 1 is 1.14 bits per heavy atom. The molecule has 1 amide bonds. The van der Waals surface area contributed by atoms with Crippen molar-refractivity contribution >= 4 is 11.9 Å². The summed E-state index contributed by atoms with van der Waals surface area (Å²) < 4.78 is 1.90. The maximum Gasteiger partial charge on any atom is 0.254 e. The maximum absolute atomic E-state index is 12.9. The molecule has 0 spiro atoms. The van der Waals surface area contributed by atoms with E-state index in [-0.39, 0.29) is 5.91 Å². The number of hydrogen-bond donors (Lipinski definition) is 0. The highest BCUT2D eigenvalue weighted by molar-refractivity contribution is 5.95. The van der Waals surface area contributed by atoms with Crippen molar-refractivity contribution in [2.75, 3.05) is 25.5 Å². The smallest absolute Gasteiger partial charge is 0.254 e. The van der Waals surface area contributed by atoms with Gasteiger partial charge in [-0.15, -0.1) is 5.10 Å². The van der Waals surface area contributed by atoms with Gasteiger partial charge in [0.2, 0.25) is 5.95 Å². The molecule has 29 heavy (non-hydrogen) atoms. The van der Waals surface area contributed by atoms with Crippen LogP contribution in [-0.4, -0.2) is 52.3 Å². The molecule has 1 saturated heterocycles. The van der Waals surface area contributed by atoms with Crippen LogP contribution in [0.5, 0.6) is 0 Å². The van der Waals surface area contributed by atoms with Gasteiger partial charge in [-0.05, 0) is 37.5 Å². The lowest BCUT2D eigenvalue weighted by molar-refractivity contribution is 0.0747. The standard InChI is InChI=1S/C23H27N5O/c1-17-9-8-14-27(17)22(29)20-13-7-12-19(15-20)21-24-23(26(2)3)28(25-21)16-18-10-5-4-6-11-18/h4-7,10-13,15,17H,8-9,14,16H2,1-3H3/t17-/m0/s1. The van der Waals surface area contributed by atoms with Crippen LogP contribution < -0.4 is 4.90 Å². The van der Waals surface area contributed by atoms with E-state index in [1.807, 2.05) is 71.0 Å². The Labute approximate surface area is 171 Å². The molecule has 0 saturated carbocycles. The molecule has 1 aliphatic heterocycles. The molecule has 150 valence electrons. The van der Waals surface area contributed by atoms with Gasteiger partial charge in [0.05, 0.1) is 6.54 Å². The number of amides is 1. The normalized spacial score (nSPS) is 16.2. The van der Waals surface area contributed by atoms with Crippen molar-refractivity contribution in [3.8, 4) is 11.4 Å². The maximum atomic E-state index is 12.9. The zero-order valence-electron chi connectivity index (χ0n) is 17.2. The number of hydrogen-bond acceptors (Lipinski definition) is 4. The van der Waals surface area contributed by atoms with E-state index in [2.05, 4.69) is 19.1 Å². The quantitative estimate of drug-likeness (QED) is 0.668. The van der Waals surface area contributed by atoms with Crippen LogP contribution in [0.2, 0.25) is 0 Å². The van der Waals surface area contributed by atoms with Gasteiger partial charge in [0, 0.05) is 37.8 Å². The van der Waals surface area contributed by atoms with Crippen LogP contribution in [0, 0.1) is 0 Å². The van der Waals surface area contributed by atoms with E-state index in [1.54, 1.807) is 0 Å². The fourth-order valence-electron chi connectivity index (χ4n) is 3.84. The molecule has 1 atom stereocenters. The van der Waals surface area contributed by atoms with E-state index >= 15 is 0 Å². The first-order chi connectivity index (χ1) is 14.0. The third-order valence-electron chi connectivity index (χ3n) is 5.41. The minimum Gasteiger partial charge on any atom is -0.347 e. The minimum atomic E-state index is 0.0911. The topological polar surface area (TPSA) is 54.3 Å². The number of benzene rings is 2. The lowest BCUT2D eigenvalue weighted by Crippen LogP contribution is -2.33. The van der Waals surface area contributed by atoms with E-state index in [1.165, 1.54) is 5.56 Å². The molecule has 1 aromatic heterocycles. The number of carbonyl (C=O) groups excluding carboxylic acids is 1. The summed E-state index contributed by atoms with van der Waals surface area (Å²) in [5, 5.41) is 4.75. The highest BCUT2D eigenvalue weighted by Gasteiger charge is 2.26. The first kappa shape index (κ1) is 19.2. The Balaban J connectivity index is 1.64. The largest absolute Gasteiger partial charge is 0.347 e. The summed E-state index contributed by atoms with van der Waals surface area (Å²) in [7, 11) is 3.92. The van der Waals surface area contributed by atoms with Crippen LogP contribution in [-0.2, 0) is 6.54 Å². The zero-order chi connectivity index (χ0) is 20.4. The summed E-state index contributed by atoms with van der Waals surface area (Å²) in [6.45, 7) is 3.59. The van der Waals surface area contributed by atoms with Crippen LogP contribution in [0.25, 0.3) is 11.4 Å². The van der Waals surface area contributed by atoms with Gasteiger partial charge in [-0.3, -0.25) is 4.79 Å². The van der Waals surface area contributed by atoms with E-state index in [0.717, 1.165) is 30.9 Å². The molecule has 6 heteroatoms. The lowest BCUT2D eigenvalue weighted by Gasteiger charge is -2.21. The Morgan fingerprint density at radius 3 is 2.62 bits per heavy atom. The molecule has 1 aliphatic rings. The second-order valence-electron chi connectivity index (χ2n) is 7.84. The molecule has 0 unspecified atom stereocenters. The fourth-order valence-corrected chi connectivity index (χ4v) is 3.84. The van der Waals surface area contributed by atoms with Gasteiger partial charge < -0.3 is 9.80 Å². The van der Waals surface area contributed by atoms with Crippen LogP contribution in [0.4, 0.5) is 5.95 Å². The number of nitrogens with zero attached hydrogens (tertiary/aromatic N) is 5. The van der Waals surface area contributed by atoms with Gasteiger partial charge in [0.25, 0.3) is 5.91 Å². The van der Waals surface area contributed by atoms with Crippen molar-refractivity contribution in [1.82, 2.24) is 19.7 Å². The summed E-state index contributed by atoms with van der Waals surface area (Å²) in [5.41, 5.74) is 2.72. The predicted octanol–water partition coefficient (Wildman–Crippen LogP) is 3.68. The molecular formula is C23H27N5O. The predicted molar refractivity (Wildman–Crippen MR) is 115 cm³/mol. The molecule has 0 bridgehead atoms. The molecule has 3 aromatic rings. The Bertz CT molecular complexity index is 996. The molecular weight excluding hydrogens is 362 g/mol. The molecule has 6 nitrogen and oxygen atoms in total. The van der Waals surface area contributed by atoms with Gasteiger partial charge in [0.1, 0.15) is 0 Å². The molecule has 0 aliphatic carbocycles. The second kappa shape index (κ2) is 8.07. The van der Waals surface area contributed by atoms with Gasteiger partial charge in [0.15, 0.2) is 5.82 Å². The van der Waals surface area contributed by atoms with E-state index in [0.29, 0.717) is 24.0 Å². The van der Waals surface area contributed by atoms with Crippen LogP contribution in [0.15, 0.2) is 54.6 Å². The monoisotopic (exact) mass is 389 g/mol. The van der Waals surface area contributed by atoms with E-state index in [9.17, 15) is 4.79 Å². The number of rotatable bonds is 5. The molecule has 4 rings (SSSR count). The molecule has 1 fully saturated rings. The Kier molecular flexibility index (Phi) is 5.34. The van der Waals surface area contributed by atoms with Crippen molar-refractivity contribution in [2.45, 2.75) is 32.4 Å². The zero-order valence-corrected chi connectivity index (χ0v) is 17.2.